The standard InChI is InChI=1S/C20H21F3O2/c1-2-3-4-5-6-15-7-9-16(10-8-15)19(24)25-18-13-11-17(12-14-18)20(21,22)23/h7-14H,2-6H2,1H3. The van der Waals surface area contributed by atoms with Crippen LogP contribution < -0.4 is 4.74 Å². The highest BCUT2D eigenvalue weighted by Gasteiger charge is 2.30. The summed E-state index contributed by atoms with van der Waals surface area (Å²) >= 11 is 0. The first kappa shape index (κ1) is 19.0. The van der Waals surface area contributed by atoms with Crippen molar-refractivity contribution in [2.45, 2.75) is 45.2 Å². The average Bonchev–Trinajstić information content (AvgIpc) is 2.59. The van der Waals surface area contributed by atoms with Crippen LogP contribution >= 0.6 is 0 Å². The van der Waals surface area contributed by atoms with Gasteiger partial charge in [-0.2, -0.15) is 13.2 Å². The summed E-state index contributed by atoms with van der Waals surface area (Å²) in [6.45, 7) is 2.16. The normalized spacial score (nSPS) is 11.4. The topological polar surface area (TPSA) is 26.3 Å². The van der Waals surface area contributed by atoms with Crippen molar-refractivity contribution in [3.63, 3.8) is 0 Å². The Hall–Kier alpha value is -2.30. The van der Waals surface area contributed by atoms with Gasteiger partial charge in [-0.05, 0) is 54.8 Å². The molecule has 0 aromatic heterocycles. The first-order valence-corrected chi connectivity index (χ1v) is 8.38. The Balaban J connectivity index is 1.92. The molecular formula is C20H21F3O2. The van der Waals surface area contributed by atoms with E-state index in [9.17, 15) is 18.0 Å². The summed E-state index contributed by atoms with van der Waals surface area (Å²) in [6, 6.07) is 11.2. The summed E-state index contributed by atoms with van der Waals surface area (Å²) < 4.78 is 42.6. The molecule has 0 aliphatic rings. The minimum Gasteiger partial charge on any atom is -0.423 e. The quantitative estimate of drug-likeness (QED) is 0.345. The molecule has 25 heavy (non-hydrogen) atoms. The number of ether oxygens (including phenoxy) is 1. The van der Waals surface area contributed by atoms with Crippen molar-refractivity contribution in [1.82, 2.24) is 0 Å². The highest BCUT2D eigenvalue weighted by Crippen LogP contribution is 2.30. The van der Waals surface area contributed by atoms with Crippen LogP contribution in [0, 0.1) is 0 Å². The minimum atomic E-state index is -4.41. The van der Waals surface area contributed by atoms with Gasteiger partial charge in [-0.25, -0.2) is 4.79 Å². The van der Waals surface area contributed by atoms with Gasteiger partial charge in [0.1, 0.15) is 5.75 Å². The van der Waals surface area contributed by atoms with E-state index in [-0.39, 0.29) is 5.75 Å². The molecule has 0 aliphatic heterocycles. The van der Waals surface area contributed by atoms with Gasteiger partial charge in [0.25, 0.3) is 0 Å². The number of hydrogen-bond acceptors (Lipinski definition) is 2. The van der Waals surface area contributed by atoms with Gasteiger partial charge in [0.2, 0.25) is 0 Å². The number of alkyl halides is 3. The third-order valence-electron chi connectivity index (χ3n) is 3.90. The van der Waals surface area contributed by atoms with Crippen LogP contribution in [0.1, 0.15) is 54.1 Å². The summed E-state index contributed by atoms with van der Waals surface area (Å²) in [5.74, 6) is -0.501. The van der Waals surface area contributed by atoms with E-state index in [1.165, 1.54) is 19.3 Å². The smallest absolute Gasteiger partial charge is 0.416 e. The highest BCUT2D eigenvalue weighted by molar-refractivity contribution is 5.91. The summed E-state index contributed by atoms with van der Waals surface area (Å²) in [7, 11) is 0. The molecule has 0 atom stereocenters. The van der Waals surface area contributed by atoms with Crippen LogP contribution in [0.5, 0.6) is 5.75 Å². The molecule has 0 N–H and O–H groups in total. The Labute approximate surface area is 145 Å². The number of hydrogen-bond donors (Lipinski definition) is 0. The number of esters is 1. The third-order valence-corrected chi connectivity index (χ3v) is 3.90. The van der Waals surface area contributed by atoms with Crippen LogP contribution in [0.4, 0.5) is 13.2 Å². The number of rotatable bonds is 7. The van der Waals surface area contributed by atoms with E-state index in [1.807, 2.05) is 12.1 Å². The van der Waals surface area contributed by atoms with Crippen LogP contribution in [0.15, 0.2) is 48.5 Å². The largest absolute Gasteiger partial charge is 0.423 e. The Morgan fingerprint density at radius 2 is 1.56 bits per heavy atom. The van der Waals surface area contributed by atoms with Crippen molar-refractivity contribution in [2.75, 3.05) is 0 Å². The second-order valence-electron chi connectivity index (χ2n) is 5.92. The SMILES string of the molecule is CCCCCCc1ccc(C(=O)Oc2ccc(C(F)(F)F)cc2)cc1. The van der Waals surface area contributed by atoms with Crippen molar-refractivity contribution in [2.24, 2.45) is 0 Å². The molecule has 0 unspecified atom stereocenters. The van der Waals surface area contributed by atoms with E-state index in [1.54, 1.807) is 12.1 Å². The predicted octanol–water partition coefficient (Wildman–Crippen LogP) is 6.05. The van der Waals surface area contributed by atoms with Crippen LogP contribution in [-0.2, 0) is 12.6 Å². The zero-order valence-electron chi connectivity index (χ0n) is 14.1. The van der Waals surface area contributed by atoms with Crippen molar-refractivity contribution >= 4 is 5.97 Å². The van der Waals surface area contributed by atoms with E-state index in [0.717, 1.165) is 42.7 Å². The third kappa shape index (κ3) is 5.93. The van der Waals surface area contributed by atoms with E-state index < -0.39 is 17.7 Å². The van der Waals surface area contributed by atoms with Gasteiger partial charge in [-0.15, -0.1) is 0 Å². The summed E-state index contributed by atoms with van der Waals surface area (Å²) in [6.07, 6.45) is 1.27. The molecule has 0 radical (unpaired) electrons. The van der Waals surface area contributed by atoms with Crippen LogP contribution in [0.3, 0.4) is 0 Å². The monoisotopic (exact) mass is 350 g/mol. The zero-order valence-corrected chi connectivity index (χ0v) is 14.1. The van der Waals surface area contributed by atoms with Crippen LogP contribution in [-0.4, -0.2) is 5.97 Å². The molecular weight excluding hydrogens is 329 g/mol. The van der Waals surface area contributed by atoms with E-state index >= 15 is 0 Å². The molecule has 2 aromatic rings. The molecule has 2 nitrogen and oxygen atoms in total. The summed E-state index contributed by atoms with van der Waals surface area (Å²) in [5, 5.41) is 0. The molecule has 0 saturated carbocycles. The van der Waals surface area contributed by atoms with Crippen LogP contribution in [0.2, 0.25) is 0 Å². The van der Waals surface area contributed by atoms with Gasteiger partial charge >= 0.3 is 12.1 Å². The molecule has 2 rings (SSSR count). The Morgan fingerprint density at radius 3 is 2.12 bits per heavy atom. The molecule has 0 fully saturated rings. The molecule has 134 valence electrons. The first-order valence-electron chi connectivity index (χ1n) is 8.38. The summed E-state index contributed by atoms with van der Waals surface area (Å²) in [4.78, 5) is 12.1. The average molecular weight is 350 g/mol. The van der Waals surface area contributed by atoms with E-state index in [2.05, 4.69) is 6.92 Å². The fourth-order valence-corrected chi connectivity index (χ4v) is 2.44. The molecule has 0 saturated heterocycles. The van der Waals surface area contributed by atoms with E-state index in [0.29, 0.717) is 5.56 Å². The van der Waals surface area contributed by atoms with E-state index in [4.69, 9.17) is 4.74 Å². The number of halogens is 3. The lowest BCUT2D eigenvalue weighted by molar-refractivity contribution is -0.137. The number of unbranched alkanes of at least 4 members (excludes halogenated alkanes) is 3. The van der Waals surface area contributed by atoms with Gasteiger partial charge in [0.15, 0.2) is 0 Å². The Morgan fingerprint density at radius 1 is 0.920 bits per heavy atom. The predicted molar refractivity (Wildman–Crippen MR) is 90.7 cm³/mol. The second kappa shape index (κ2) is 8.70. The number of carbonyl (C=O) groups is 1. The maximum atomic E-state index is 12.5. The lowest BCUT2D eigenvalue weighted by Crippen LogP contribution is -2.09. The Kier molecular flexibility index (Phi) is 6.62. The zero-order chi connectivity index (χ0) is 18.3. The van der Waals surface area contributed by atoms with Gasteiger partial charge in [0, 0.05) is 0 Å². The molecule has 0 heterocycles. The highest BCUT2D eigenvalue weighted by atomic mass is 19.4. The Bertz CT molecular complexity index is 674. The number of carbonyl (C=O) groups excluding carboxylic acids is 1. The lowest BCUT2D eigenvalue weighted by Gasteiger charge is -2.08. The molecule has 5 heteroatoms. The molecule has 0 bridgehead atoms. The molecule has 0 spiro atoms. The first-order chi connectivity index (χ1) is 11.9. The lowest BCUT2D eigenvalue weighted by atomic mass is 10.0. The molecule has 2 aromatic carbocycles. The maximum Gasteiger partial charge on any atom is 0.416 e. The number of benzene rings is 2. The second-order valence-corrected chi connectivity index (χ2v) is 5.92. The van der Waals surface area contributed by atoms with Gasteiger partial charge < -0.3 is 4.74 Å². The minimum absolute atomic E-state index is 0.0849. The molecule has 0 aliphatic carbocycles. The molecule has 0 amide bonds. The fourth-order valence-electron chi connectivity index (χ4n) is 2.44. The number of aryl methyl sites for hydroxylation is 1. The summed E-state index contributed by atoms with van der Waals surface area (Å²) in [5.41, 5.74) is 0.749. The van der Waals surface area contributed by atoms with Crippen molar-refractivity contribution < 1.29 is 22.7 Å². The van der Waals surface area contributed by atoms with Gasteiger partial charge in [-0.1, -0.05) is 38.3 Å². The van der Waals surface area contributed by atoms with Gasteiger partial charge in [-0.3, -0.25) is 0 Å². The van der Waals surface area contributed by atoms with Crippen molar-refractivity contribution in [1.29, 1.82) is 0 Å². The van der Waals surface area contributed by atoms with Gasteiger partial charge in [0.05, 0.1) is 11.1 Å². The van der Waals surface area contributed by atoms with Crippen molar-refractivity contribution in [3.05, 3.63) is 65.2 Å². The fraction of sp³-hybridized carbons (Fsp3) is 0.350. The maximum absolute atomic E-state index is 12.5. The van der Waals surface area contributed by atoms with Crippen molar-refractivity contribution in [3.8, 4) is 5.75 Å². The van der Waals surface area contributed by atoms with Crippen LogP contribution in [0.25, 0.3) is 0 Å².